The molecular formula is C34H63ClO3. The molecule has 1 aromatic rings. The molecule has 0 aliphatic carbocycles. The Morgan fingerprint density at radius 3 is 0.974 bits per heavy atom. The zero-order chi connectivity index (χ0) is 26.8. The summed E-state index contributed by atoms with van der Waals surface area (Å²) in [5, 5.41) is 0. The van der Waals surface area contributed by atoms with Crippen molar-refractivity contribution in [1.82, 2.24) is 0 Å². The third-order valence-electron chi connectivity index (χ3n) is 7.79. The van der Waals surface area contributed by atoms with Crippen molar-refractivity contribution in [3.63, 3.8) is 0 Å². The largest absolute Gasteiger partial charge is 0.493 e. The van der Waals surface area contributed by atoms with Crippen molar-refractivity contribution < 1.29 is 14.2 Å². The van der Waals surface area contributed by atoms with E-state index < -0.39 is 0 Å². The van der Waals surface area contributed by atoms with E-state index in [9.17, 15) is 0 Å². The second-order valence-electron chi connectivity index (χ2n) is 11.1. The highest BCUT2D eigenvalue weighted by molar-refractivity contribution is 5.85. The highest BCUT2D eigenvalue weighted by Crippen LogP contribution is 2.38. The summed E-state index contributed by atoms with van der Waals surface area (Å²) in [6.45, 7) is 2.30. The van der Waals surface area contributed by atoms with Crippen LogP contribution in [0.2, 0.25) is 0 Å². The molecule has 0 spiro atoms. The van der Waals surface area contributed by atoms with Gasteiger partial charge in [-0.15, -0.1) is 12.4 Å². The van der Waals surface area contributed by atoms with Crippen molar-refractivity contribution in [2.45, 2.75) is 161 Å². The van der Waals surface area contributed by atoms with Crippen LogP contribution in [0.25, 0.3) is 0 Å². The van der Waals surface area contributed by atoms with Gasteiger partial charge >= 0.3 is 0 Å². The Morgan fingerprint density at radius 1 is 0.421 bits per heavy atom. The molecule has 0 heterocycles. The van der Waals surface area contributed by atoms with Gasteiger partial charge in [0, 0.05) is 0 Å². The van der Waals surface area contributed by atoms with Crippen molar-refractivity contribution in [2.75, 3.05) is 21.3 Å². The van der Waals surface area contributed by atoms with Crippen LogP contribution in [0.4, 0.5) is 0 Å². The molecule has 0 aliphatic heterocycles. The van der Waals surface area contributed by atoms with Crippen LogP contribution in [0, 0.1) is 0 Å². The normalized spacial score (nSPS) is 10.8. The lowest BCUT2D eigenvalue weighted by Crippen LogP contribution is -1.97. The molecule has 0 aromatic heterocycles. The Kier molecular flexibility index (Phi) is 26.7. The van der Waals surface area contributed by atoms with Crippen molar-refractivity contribution in [1.29, 1.82) is 0 Å². The maximum Gasteiger partial charge on any atom is 0.203 e. The summed E-state index contributed by atoms with van der Waals surface area (Å²) < 4.78 is 16.4. The number of unbranched alkanes of at least 4 members (excludes halogenated alkanes) is 22. The molecule has 38 heavy (non-hydrogen) atoms. The highest BCUT2D eigenvalue weighted by Gasteiger charge is 2.12. The van der Waals surface area contributed by atoms with Gasteiger partial charge in [-0.2, -0.15) is 0 Å². The Labute approximate surface area is 243 Å². The van der Waals surface area contributed by atoms with Crippen LogP contribution in [0.5, 0.6) is 17.2 Å². The predicted octanol–water partition coefficient (Wildman–Crippen LogP) is 11.7. The summed E-state index contributed by atoms with van der Waals surface area (Å²) in [7, 11) is 5.02. The SMILES string of the molecule is CCCCCCCCCCCCCCCCCCCCCCCCCc1cc(OC)c(OC)c(OC)c1.Cl. The number of hydrogen-bond donors (Lipinski definition) is 0. The number of benzene rings is 1. The van der Waals surface area contributed by atoms with Crippen LogP contribution in [-0.2, 0) is 6.42 Å². The van der Waals surface area contributed by atoms with Gasteiger partial charge in [0.2, 0.25) is 5.75 Å². The topological polar surface area (TPSA) is 27.7 Å². The van der Waals surface area contributed by atoms with Crippen molar-refractivity contribution in [2.24, 2.45) is 0 Å². The number of halogens is 1. The van der Waals surface area contributed by atoms with Crippen LogP contribution in [0.1, 0.15) is 160 Å². The molecule has 0 saturated carbocycles. The lowest BCUT2D eigenvalue weighted by atomic mass is 10.0. The quantitative estimate of drug-likeness (QED) is 0.101. The lowest BCUT2D eigenvalue weighted by molar-refractivity contribution is 0.323. The molecule has 1 rings (SSSR count). The molecule has 0 radical (unpaired) electrons. The van der Waals surface area contributed by atoms with E-state index in [1.165, 1.54) is 153 Å². The van der Waals surface area contributed by atoms with Gasteiger partial charge in [0.15, 0.2) is 11.5 Å². The van der Waals surface area contributed by atoms with E-state index in [2.05, 4.69) is 19.1 Å². The lowest BCUT2D eigenvalue weighted by Gasteiger charge is -2.14. The number of methoxy groups -OCH3 is 3. The minimum absolute atomic E-state index is 0. The van der Waals surface area contributed by atoms with E-state index in [4.69, 9.17) is 14.2 Å². The van der Waals surface area contributed by atoms with E-state index in [0.717, 1.165) is 17.9 Å². The average Bonchev–Trinajstić information content (AvgIpc) is 2.92. The number of ether oxygens (including phenoxy) is 3. The second-order valence-corrected chi connectivity index (χ2v) is 11.1. The van der Waals surface area contributed by atoms with Gasteiger partial charge in [-0.25, -0.2) is 0 Å². The summed E-state index contributed by atoms with van der Waals surface area (Å²) in [5.41, 5.74) is 1.26. The van der Waals surface area contributed by atoms with Crippen molar-refractivity contribution >= 4 is 12.4 Å². The van der Waals surface area contributed by atoms with E-state index >= 15 is 0 Å². The molecule has 0 atom stereocenters. The first-order valence-corrected chi connectivity index (χ1v) is 16.1. The zero-order valence-corrected chi connectivity index (χ0v) is 26.6. The smallest absolute Gasteiger partial charge is 0.203 e. The molecule has 3 nitrogen and oxygen atoms in total. The molecule has 0 amide bonds. The summed E-state index contributed by atoms with van der Waals surface area (Å²) in [5.74, 6) is 2.19. The third-order valence-corrected chi connectivity index (χ3v) is 7.79. The van der Waals surface area contributed by atoms with E-state index in [1.807, 2.05) is 0 Å². The van der Waals surface area contributed by atoms with Crippen LogP contribution in [0.3, 0.4) is 0 Å². The fraction of sp³-hybridized carbons (Fsp3) is 0.824. The van der Waals surface area contributed by atoms with E-state index in [-0.39, 0.29) is 12.4 Å². The fourth-order valence-corrected chi connectivity index (χ4v) is 5.39. The summed E-state index contributed by atoms with van der Waals surface area (Å²) in [6.07, 6.45) is 33.9. The first kappa shape index (κ1) is 36.9. The first-order chi connectivity index (χ1) is 18.3. The van der Waals surface area contributed by atoms with Gasteiger partial charge in [-0.05, 0) is 30.5 Å². The van der Waals surface area contributed by atoms with Crippen molar-refractivity contribution in [3.8, 4) is 17.2 Å². The summed E-state index contributed by atoms with van der Waals surface area (Å²) >= 11 is 0. The molecule has 1 aromatic carbocycles. The van der Waals surface area contributed by atoms with Crippen LogP contribution in [-0.4, -0.2) is 21.3 Å². The zero-order valence-electron chi connectivity index (χ0n) is 25.8. The summed E-state index contributed by atoms with van der Waals surface area (Å²) in [4.78, 5) is 0. The molecule has 0 saturated heterocycles. The molecule has 224 valence electrons. The molecule has 0 N–H and O–H groups in total. The standard InChI is InChI=1S/C34H62O3.ClH/c1-5-6-7-8-9-10-11-12-13-14-15-16-17-18-19-20-21-22-23-24-25-26-27-28-31-29-32(35-2)34(37-4)33(30-31)36-3;/h29-30H,5-28H2,1-4H3;1H. The first-order valence-electron chi connectivity index (χ1n) is 16.1. The van der Waals surface area contributed by atoms with Crippen molar-refractivity contribution in [3.05, 3.63) is 17.7 Å². The van der Waals surface area contributed by atoms with Crippen LogP contribution < -0.4 is 14.2 Å². The monoisotopic (exact) mass is 554 g/mol. The van der Waals surface area contributed by atoms with E-state index in [1.54, 1.807) is 21.3 Å². The van der Waals surface area contributed by atoms with Gasteiger partial charge < -0.3 is 14.2 Å². The Balaban J connectivity index is 0.0000137. The fourth-order valence-electron chi connectivity index (χ4n) is 5.39. The molecule has 0 unspecified atom stereocenters. The molecule has 0 fully saturated rings. The van der Waals surface area contributed by atoms with Crippen LogP contribution >= 0.6 is 12.4 Å². The van der Waals surface area contributed by atoms with Gasteiger partial charge in [0.1, 0.15) is 0 Å². The van der Waals surface area contributed by atoms with Gasteiger partial charge in [-0.1, -0.05) is 148 Å². The Morgan fingerprint density at radius 2 is 0.711 bits per heavy atom. The Hall–Kier alpha value is -1.09. The van der Waals surface area contributed by atoms with E-state index in [0.29, 0.717) is 5.75 Å². The highest BCUT2D eigenvalue weighted by atomic mass is 35.5. The van der Waals surface area contributed by atoms with Gasteiger partial charge in [0.05, 0.1) is 21.3 Å². The molecular weight excluding hydrogens is 492 g/mol. The molecule has 0 bridgehead atoms. The molecule has 0 aliphatic rings. The van der Waals surface area contributed by atoms with Gasteiger partial charge in [-0.3, -0.25) is 0 Å². The second kappa shape index (κ2) is 27.5. The molecule has 4 heteroatoms. The maximum absolute atomic E-state index is 5.47. The number of aryl methyl sites for hydroxylation is 1. The number of hydrogen-bond acceptors (Lipinski definition) is 3. The predicted molar refractivity (Wildman–Crippen MR) is 169 cm³/mol. The minimum Gasteiger partial charge on any atom is -0.493 e. The third kappa shape index (κ3) is 19.0. The average molecular weight is 555 g/mol. The van der Waals surface area contributed by atoms with Crippen LogP contribution in [0.15, 0.2) is 12.1 Å². The van der Waals surface area contributed by atoms with Gasteiger partial charge in [0.25, 0.3) is 0 Å². The Bertz CT molecular complexity index is 609. The maximum atomic E-state index is 5.47. The number of rotatable bonds is 27. The summed E-state index contributed by atoms with van der Waals surface area (Å²) in [6, 6.07) is 4.17. The minimum atomic E-state index is 0.